The van der Waals surface area contributed by atoms with Gasteiger partial charge in [0, 0.05) is 33.1 Å². The van der Waals surface area contributed by atoms with Gasteiger partial charge in [0.05, 0.1) is 11.4 Å². The van der Waals surface area contributed by atoms with Crippen molar-refractivity contribution >= 4 is 27.5 Å². The first-order chi connectivity index (χ1) is 9.88. The second kappa shape index (κ2) is 6.37. The van der Waals surface area contributed by atoms with Crippen LogP contribution >= 0.6 is 0 Å². The summed E-state index contributed by atoms with van der Waals surface area (Å²) in [7, 11) is -3.69. The third-order valence-electron chi connectivity index (χ3n) is 2.94. The largest absolute Gasteiger partial charge is 0.324 e. The Morgan fingerprint density at radius 2 is 2.00 bits per heavy atom. The van der Waals surface area contributed by atoms with Crippen molar-refractivity contribution in [2.75, 3.05) is 36.2 Å². The molecule has 7 nitrogen and oxygen atoms in total. The summed E-state index contributed by atoms with van der Waals surface area (Å²) >= 11 is 0. The van der Waals surface area contributed by atoms with Gasteiger partial charge in [0.2, 0.25) is 5.91 Å². The zero-order valence-corrected chi connectivity index (χ0v) is 12.3. The van der Waals surface area contributed by atoms with Crippen LogP contribution in [-0.4, -0.2) is 44.8 Å². The monoisotopic (exact) mass is 316 g/mol. The molecule has 0 saturated carbocycles. The quantitative estimate of drug-likeness (QED) is 0.747. The molecule has 21 heavy (non-hydrogen) atoms. The molecule has 0 atom stereocenters. The fraction of sp³-hybridized carbons (Fsp3) is 0.417. The summed E-state index contributed by atoms with van der Waals surface area (Å²) in [6.07, 6.45) is 0. The van der Waals surface area contributed by atoms with Crippen LogP contribution in [0, 0.1) is 5.82 Å². The average molecular weight is 316 g/mol. The fourth-order valence-electron chi connectivity index (χ4n) is 1.97. The van der Waals surface area contributed by atoms with Crippen LogP contribution in [0.4, 0.5) is 15.8 Å². The first-order valence-corrected chi connectivity index (χ1v) is 7.88. The van der Waals surface area contributed by atoms with Gasteiger partial charge in [-0.1, -0.05) is 0 Å². The first-order valence-electron chi connectivity index (χ1n) is 6.44. The molecular weight excluding hydrogens is 299 g/mol. The van der Waals surface area contributed by atoms with E-state index in [4.69, 9.17) is 0 Å². The predicted molar refractivity (Wildman–Crippen MR) is 77.7 cm³/mol. The summed E-state index contributed by atoms with van der Waals surface area (Å²) in [6.45, 7) is 3.16. The van der Waals surface area contributed by atoms with Crippen molar-refractivity contribution in [1.82, 2.24) is 9.62 Å². The molecule has 1 fully saturated rings. The number of halogens is 1. The smallest absolute Gasteiger partial charge is 0.301 e. The molecular formula is C12H17FN4O3S. The summed E-state index contributed by atoms with van der Waals surface area (Å²) in [5.74, 6) is -1.06. The van der Waals surface area contributed by atoms with E-state index < -0.39 is 21.9 Å². The number of amides is 1. The molecule has 1 aliphatic rings. The van der Waals surface area contributed by atoms with E-state index >= 15 is 0 Å². The second-order valence-corrected chi connectivity index (χ2v) is 6.30. The minimum Gasteiger partial charge on any atom is -0.324 e. The van der Waals surface area contributed by atoms with Gasteiger partial charge in [-0.05, 0) is 18.2 Å². The van der Waals surface area contributed by atoms with Crippen LogP contribution in [0.1, 0.15) is 6.92 Å². The summed E-state index contributed by atoms with van der Waals surface area (Å²) < 4.78 is 41.6. The molecule has 9 heteroatoms. The van der Waals surface area contributed by atoms with Gasteiger partial charge >= 0.3 is 10.2 Å². The molecule has 1 aromatic carbocycles. The standard InChI is InChI=1S/C12H17FN4O3S/c1-9(18)15-12-8-10(2-3-11(12)13)16-21(19,20)17-6-4-14-5-7-17/h2-3,8,14,16H,4-7H2,1H3,(H,15,18). The SMILES string of the molecule is CC(=O)Nc1cc(NS(=O)(=O)N2CCNCC2)ccc1F. The third-order valence-corrected chi connectivity index (χ3v) is 4.48. The van der Waals surface area contributed by atoms with Crippen LogP contribution in [0.3, 0.4) is 0 Å². The Labute approximate surface area is 122 Å². The lowest BCUT2D eigenvalue weighted by atomic mass is 10.2. The maximum atomic E-state index is 13.5. The normalized spacial score (nSPS) is 16.5. The molecule has 116 valence electrons. The van der Waals surface area contributed by atoms with Gasteiger partial charge in [-0.15, -0.1) is 0 Å². The van der Waals surface area contributed by atoms with E-state index in [1.807, 2.05) is 0 Å². The van der Waals surface area contributed by atoms with Crippen molar-refractivity contribution in [2.24, 2.45) is 0 Å². The Balaban J connectivity index is 2.16. The van der Waals surface area contributed by atoms with Gasteiger partial charge in [-0.2, -0.15) is 12.7 Å². The number of carbonyl (C=O) groups excluding carboxylic acids is 1. The molecule has 0 bridgehead atoms. The molecule has 1 aromatic rings. The number of benzene rings is 1. The third kappa shape index (κ3) is 4.13. The highest BCUT2D eigenvalue weighted by Crippen LogP contribution is 2.21. The molecule has 1 aliphatic heterocycles. The van der Waals surface area contributed by atoms with E-state index in [-0.39, 0.29) is 11.4 Å². The number of carbonyl (C=O) groups is 1. The zero-order chi connectivity index (χ0) is 15.5. The van der Waals surface area contributed by atoms with E-state index in [2.05, 4.69) is 15.4 Å². The summed E-state index contributed by atoms with van der Waals surface area (Å²) in [4.78, 5) is 11.0. The number of hydrogen-bond donors (Lipinski definition) is 3. The lowest BCUT2D eigenvalue weighted by Crippen LogP contribution is -2.48. The van der Waals surface area contributed by atoms with Crippen LogP contribution in [0.15, 0.2) is 18.2 Å². The van der Waals surface area contributed by atoms with Crippen LogP contribution in [-0.2, 0) is 15.0 Å². The molecule has 0 aliphatic carbocycles. The van der Waals surface area contributed by atoms with Gasteiger partial charge in [0.25, 0.3) is 0 Å². The fourth-order valence-corrected chi connectivity index (χ4v) is 3.19. The summed E-state index contributed by atoms with van der Waals surface area (Å²) in [5.41, 5.74) is 0.127. The Bertz CT molecular complexity index is 629. The molecule has 0 spiro atoms. The van der Waals surface area contributed by atoms with E-state index in [1.165, 1.54) is 23.4 Å². The molecule has 1 saturated heterocycles. The van der Waals surface area contributed by atoms with Crippen LogP contribution < -0.4 is 15.4 Å². The first kappa shape index (κ1) is 15.7. The molecule has 0 unspecified atom stereocenters. The van der Waals surface area contributed by atoms with Gasteiger partial charge in [-0.3, -0.25) is 9.52 Å². The maximum absolute atomic E-state index is 13.5. The Morgan fingerprint density at radius 1 is 1.33 bits per heavy atom. The molecule has 2 rings (SSSR count). The minimum atomic E-state index is -3.69. The van der Waals surface area contributed by atoms with Crippen molar-refractivity contribution < 1.29 is 17.6 Å². The van der Waals surface area contributed by atoms with E-state index in [0.717, 1.165) is 6.07 Å². The molecule has 1 heterocycles. The highest BCUT2D eigenvalue weighted by Gasteiger charge is 2.23. The van der Waals surface area contributed by atoms with Crippen molar-refractivity contribution in [2.45, 2.75) is 6.92 Å². The van der Waals surface area contributed by atoms with E-state index in [0.29, 0.717) is 26.2 Å². The molecule has 0 radical (unpaired) electrons. The van der Waals surface area contributed by atoms with Crippen molar-refractivity contribution in [1.29, 1.82) is 0 Å². The predicted octanol–water partition coefficient (Wildman–Crippen LogP) is 0.346. The number of rotatable bonds is 4. The number of anilines is 2. The molecule has 1 amide bonds. The van der Waals surface area contributed by atoms with Crippen molar-refractivity contribution in [3.05, 3.63) is 24.0 Å². The van der Waals surface area contributed by atoms with E-state index in [9.17, 15) is 17.6 Å². The van der Waals surface area contributed by atoms with Crippen LogP contribution in [0.2, 0.25) is 0 Å². The number of piperazine rings is 1. The van der Waals surface area contributed by atoms with Crippen molar-refractivity contribution in [3.8, 4) is 0 Å². The van der Waals surface area contributed by atoms with Crippen LogP contribution in [0.25, 0.3) is 0 Å². The van der Waals surface area contributed by atoms with E-state index in [1.54, 1.807) is 0 Å². The zero-order valence-electron chi connectivity index (χ0n) is 11.5. The average Bonchev–Trinajstić information content (AvgIpc) is 2.43. The Morgan fingerprint density at radius 3 is 2.62 bits per heavy atom. The van der Waals surface area contributed by atoms with Gasteiger partial charge in [0.15, 0.2) is 0 Å². The highest BCUT2D eigenvalue weighted by atomic mass is 32.2. The lowest BCUT2D eigenvalue weighted by Gasteiger charge is -2.27. The van der Waals surface area contributed by atoms with Crippen LogP contribution in [0.5, 0.6) is 0 Å². The number of hydrogen-bond acceptors (Lipinski definition) is 4. The lowest BCUT2D eigenvalue weighted by molar-refractivity contribution is -0.114. The maximum Gasteiger partial charge on any atom is 0.301 e. The van der Waals surface area contributed by atoms with Gasteiger partial charge < -0.3 is 10.6 Å². The summed E-state index contributed by atoms with van der Waals surface area (Å²) in [6, 6.07) is 3.65. The Hall–Kier alpha value is -1.71. The van der Waals surface area contributed by atoms with Crippen molar-refractivity contribution in [3.63, 3.8) is 0 Å². The van der Waals surface area contributed by atoms with Gasteiger partial charge in [0.1, 0.15) is 5.82 Å². The Kier molecular flexibility index (Phi) is 4.76. The van der Waals surface area contributed by atoms with Gasteiger partial charge in [-0.25, -0.2) is 4.39 Å². The summed E-state index contributed by atoms with van der Waals surface area (Å²) in [5, 5.41) is 5.36. The number of nitrogens with one attached hydrogen (secondary N) is 3. The molecule has 3 N–H and O–H groups in total. The highest BCUT2D eigenvalue weighted by molar-refractivity contribution is 7.90. The minimum absolute atomic E-state index is 0.0667. The molecule has 0 aromatic heterocycles. The number of nitrogens with zero attached hydrogens (tertiary/aromatic N) is 1. The topological polar surface area (TPSA) is 90.5 Å². The second-order valence-electron chi connectivity index (χ2n) is 4.63.